The van der Waals surface area contributed by atoms with Crippen LogP contribution in [0.3, 0.4) is 0 Å². The summed E-state index contributed by atoms with van der Waals surface area (Å²) in [4.78, 5) is 9.85. The van der Waals surface area contributed by atoms with Crippen molar-refractivity contribution in [1.29, 1.82) is 0 Å². The fraction of sp³-hybridized carbons (Fsp3) is 0. The van der Waals surface area contributed by atoms with Crippen molar-refractivity contribution in [1.82, 2.24) is 0 Å². The Kier molecular flexibility index (Phi) is 3.21. The number of non-ortho nitro benzene ring substituents is 1. The van der Waals surface area contributed by atoms with Gasteiger partial charge < -0.3 is 0 Å². The molecule has 4 heteroatoms. The number of hydrogen-bond acceptors (Lipinski definition) is 2. The number of benzene rings is 1. The SMILES string of the molecule is O=[N+]([O-])c1ccc(C=CI)cc1. The van der Waals surface area contributed by atoms with E-state index in [0.717, 1.165) is 5.56 Å². The van der Waals surface area contributed by atoms with Crippen LogP contribution in [0.2, 0.25) is 0 Å². The third kappa shape index (κ3) is 2.30. The number of nitro groups is 1. The van der Waals surface area contributed by atoms with Crippen molar-refractivity contribution in [3.05, 3.63) is 44.0 Å². The van der Waals surface area contributed by atoms with Gasteiger partial charge >= 0.3 is 0 Å². The molecule has 0 aromatic heterocycles. The third-order valence-electron chi connectivity index (χ3n) is 1.36. The second-order valence-corrected chi connectivity index (χ2v) is 2.86. The molecule has 0 saturated carbocycles. The Bertz CT molecular complexity index is 305. The molecule has 1 aromatic rings. The summed E-state index contributed by atoms with van der Waals surface area (Å²) in [5, 5.41) is 10.3. The first-order chi connectivity index (χ1) is 5.74. The van der Waals surface area contributed by atoms with Crippen LogP contribution >= 0.6 is 22.6 Å². The van der Waals surface area contributed by atoms with E-state index in [0.29, 0.717) is 0 Å². The lowest BCUT2D eigenvalue weighted by Crippen LogP contribution is -1.86. The van der Waals surface area contributed by atoms with Gasteiger partial charge in [-0.15, -0.1) is 0 Å². The largest absolute Gasteiger partial charge is 0.269 e. The molecule has 12 heavy (non-hydrogen) atoms. The van der Waals surface area contributed by atoms with E-state index in [1.165, 1.54) is 12.1 Å². The van der Waals surface area contributed by atoms with E-state index in [4.69, 9.17) is 0 Å². The molecule has 0 aliphatic rings. The molecule has 0 bridgehead atoms. The second kappa shape index (κ2) is 4.20. The van der Waals surface area contributed by atoms with Gasteiger partial charge in [-0.1, -0.05) is 22.6 Å². The van der Waals surface area contributed by atoms with Crippen LogP contribution < -0.4 is 0 Å². The first-order valence-corrected chi connectivity index (χ1v) is 4.50. The van der Waals surface area contributed by atoms with Gasteiger partial charge in [0.15, 0.2) is 0 Å². The van der Waals surface area contributed by atoms with Crippen molar-refractivity contribution < 1.29 is 4.92 Å². The summed E-state index contributed by atoms with van der Waals surface area (Å²) in [5.74, 6) is 0. The van der Waals surface area contributed by atoms with Gasteiger partial charge in [0.25, 0.3) is 5.69 Å². The van der Waals surface area contributed by atoms with E-state index in [9.17, 15) is 10.1 Å². The number of halogens is 1. The molecule has 0 radical (unpaired) electrons. The van der Waals surface area contributed by atoms with Gasteiger partial charge in [-0.3, -0.25) is 10.1 Å². The van der Waals surface area contributed by atoms with Crippen molar-refractivity contribution in [2.45, 2.75) is 0 Å². The van der Waals surface area contributed by atoms with E-state index in [2.05, 4.69) is 22.6 Å². The molecule has 3 nitrogen and oxygen atoms in total. The minimum absolute atomic E-state index is 0.126. The second-order valence-electron chi connectivity index (χ2n) is 2.14. The molecule has 0 fully saturated rings. The van der Waals surface area contributed by atoms with Gasteiger partial charge in [0, 0.05) is 12.1 Å². The summed E-state index contributed by atoms with van der Waals surface area (Å²) < 4.78 is 1.86. The quantitative estimate of drug-likeness (QED) is 0.473. The fourth-order valence-electron chi connectivity index (χ4n) is 0.780. The predicted molar refractivity (Wildman–Crippen MR) is 56.2 cm³/mol. The van der Waals surface area contributed by atoms with Gasteiger partial charge in [-0.05, 0) is 27.9 Å². The van der Waals surface area contributed by atoms with Crippen molar-refractivity contribution in [3.8, 4) is 0 Å². The normalized spacial score (nSPS) is 10.4. The van der Waals surface area contributed by atoms with Crippen LogP contribution in [0.15, 0.2) is 28.3 Å². The Hall–Kier alpha value is -0.910. The molecule has 62 valence electrons. The van der Waals surface area contributed by atoms with Crippen LogP contribution in [-0.4, -0.2) is 4.92 Å². The van der Waals surface area contributed by atoms with Gasteiger partial charge in [-0.25, -0.2) is 0 Å². The number of hydrogen-bond donors (Lipinski definition) is 0. The van der Waals surface area contributed by atoms with E-state index in [1.807, 2.05) is 10.2 Å². The summed E-state index contributed by atoms with van der Waals surface area (Å²) in [7, 11) is 0. The first-order valence-electron chi connectivity index (χ1n) is 3.25. The maximum atomic E-state index is 10.3. The van der Waals surface area contributed by atoms with E-state index >= 15 is 0 Å². The lowest BCUT2D eigenvalue weighted by Gasteiger charge is -1.91. The highest BCUT2D eigenvalue weighted by atomic mass is 127. The summed E-state index contributed by atoms with van der Waals surface area (Å²) in [6, 6.07) is 6.42. The number of rotatable bonds is 2. The average Bonchev–Trinajstić information content (AvgIpc) is 2.06. The Morgan fingerprint density at radius 2 is 1.92 bits per heavy atom. The monoisotopic (exact) mass is 275 g/mol. The van der Waals surface area contributed by atoms with Gasteiger partial charge in [-0.2, -0.15) is 0 Å². The van der Waals surface area contributed by atoms with E-state index < -0.39 is 4.92 Å². The topological polar surface area (TPSA) is 43.1 Å². The van der Waals surface area contributed by atoms with E-state index in [1.54, 1.807) is 12.1 Å². The molecule has 0 aliphatic heterocycles. The average molecular weight is 275 g/mol. The van der Waals surface area contributed by atoms with Gasteiger partial charge in [0.05, 0.1) is 4.92 Å². The molecule has 1 aromatic carbocycles. The van der Waals surface area contributed by atoms with Crippen molar-refractivity contribution in [2.75, 3.05) is 0 Å². The summed E-state index contributed by atoms with van der Waals surface area (Å²) in [5.41, 5.74) is 1.09. The third-order valence-corrected chi connectivity index (χ3v) is 1.72. The van der Waals surface area contributed by atoms with E-state index in [-0.39, 0.29) is 5.69 Å². The first kappa shape index (κ1) is 9.18. The zero-order valence-corrected chi connectivity index (χ0v) is 8.26. The van der Waals surface area contributed by atoms with Gasteiger partial charge in [0.1, 0.15) is 0 Å². The Balaban J connectivity index is 2.93. The van der Waals surface area contributed by atoms with Gasteiger partial charge in [0.2, 0.25) is 0 Å². The minimum atomic E-state index is -0.405. The number of nitrogens with zero attached hydrogens (tertiary/aromatic N) is 1. The number of nitro benzene ring substituents is 1. The molecule has 1 rings (SSSR count). The highest BCUT2D eigenvalue weighted by molar-refractivity contribution is 14.1. The summed E-state index contributed by atoms with van der Waals surface area (Å²) in [6.45, 7) is 0. The zero-order chi connectivity index (χ0) is 8.97. The maximum absolute atomic E-state index is 10.3. The summed E-state index contributed by atoms with van der Waals surface area (Å²) in [6.07, 6.45) is 1.88. The van der Waals surface area contributed by atoms with Crippen LogP contribution in [-0.2, 0) is 0 Å². The molecular weight excluding hydrogens is 269 g/mol. The van der Waals surface area contributed by atoms with Crippen molar-refractivity contribution in [2.24, 2.45) is 0 Å². The Morgan fingerprint density at radius 3 is 2.33 bits per heavy atom. The van der Waals surface area contributed by atoms with Crippen molar-refractivity contribution in [3.63, 3.8) is 0 Å². The molecule has 0 heterocycles. The highest BCUT2D eigenvalue weighted by Crippen LogP contribution is 2.13. The molecule has 0 atom stereocenters. The molecule has 0 aliphatic carbocycles. The minimum Gasteiger partial charge on any atom is -0.258 e. The Morgan fingerprint density at radius 1 is 1.33 bits per heavy atom. The highest BCUT2D eigenvalue weighted by Gasteiger charge is 2.01. The molecule has 0 N–H and O–H groups in total. The fourth-order valence-corrected chi connectivity index (χ4v) is 1.20. The van der Waals surface area contributed by atoms with Crippen LogP contribution in [0.1, 0.15) is 5.56 Å². The zero-order valence-electron chi connectivity index (χ0n) is 6.11. The molecule has 0 saturated heterocycles. The summed E-state index contributed by atoms with van der Waals surface area (Å²) >= 11 is 2.10. The van der Waals surface area contributed by atoms with Crippen LogP contribution in [0, 0.1) is 10.1 Å². The molecule has 0 amide bonds. The predicted octanol–water partition coefficient (Wildman–Crippen LogP) is 3.00. The molecule has 0 spiro atoms. The molecular formula is C8H6INO2. The van der Waals surface area contributed by atoms with Crippen molar-refractivity contribution >= 4 is 34.4 Å². The standard InChI is InChI=1S/C8H6INO2/c9-6-5-7-1-3-8(4-2-7)10(11)12/h1-6H. The maximum Gasteiger partial charge on any atom is 0.269 e. The van der Waals surface area contributed by atoms with Crippen LogP contribution in [0.5, 0.6) is 0 Å². The lowest BCUT2D eigenvalue weighted by molar-refractivity contribution is -0.384. The smallest absolute Gasteiger partial charge is 0.258 e. The molecule has 0 unspecified atom stereocenters. The lowest BCUT2D eigenvalue weighted by atomic mass is 10.2. The van der Waals surface area contributed by atoms with Crippen LogP contribution in [0.4, 0.5) is 5.69 Å². The van der Waals surface area contributed by atoms with Crippen LogP contribution in [0.25, 0.3) is 6.08 Å². The Labute approximate surface area is 83.4 Å².